The zero-order valence-corrected chi connectivity index (χ0v) is 13.2. The molecule has 0 spiro atoms. The summed E-state index contributed by atoms with van der Waals surface area (Å²) in [5, 5.41) is 1.63. The fraction of sp³-hybridized carbons (Fsp3) is 0. The highest BCUT2D eigenvalue weighted by atomic mass is 35.5. The lowest BCUT2D eigenvalue weighted by Gasteiger charge is -2.09. The van der Waals surface area contributed by atoms with Crippen molar-refractivity contribution in [3.8, 4) is 22.3 Å². The lowest BCUT2D eigenvalue weighted by Crippen LogP contribution is -1.86. The summed E-state index contributed by atoms with van der Waals surface area (Å²) >= 11 is 6.19. The number of hydrogen-bond acceptors (Lipinski definition) is 1. The van der Waals surface area contributed by atoms with Gasteiger partial charge in [0.05, 0.1) is 5.52 Å². The SMILES string of the molecule is Clc1cc(-c2ccc(-c3ccccc3)cc2)c2ccccc2n1. The number of pyridine rings is 1. The number of fused-ring (bicyclic) bond motifs is 1. The van der Waals surface area contributed by atoms with Crippen molar-refractivity contribution in [2.24, 2.45) is 0 Å². The van der Waals surface area contributed by atoms with Gasteiger partial charge >= 0.3 is 0 Å². The first-order valence-electron chi connectivity index (χ1n) is 7.52. The summed E-state index contributed by atoms with van der Waals surface area (Å²) < 4.78 is 0. The molecule has 0 fully saturated rings. The van der Waals surface area contributed by atoms with Crippen LogP contribution in [0.25, 0.3) is 33.2 Å². The van der Waals surface area contributed by atoms with E-state index in [0.29, 0.717) is 5.15 Å². The predicted molar refractivity (Wildman–Crippen MR) is 97.6 cm³/mol. The number of benzene rings is 3. The molecule has 4 rings (SSSR count). The van der Waals surface area contributed by atoms with E-state index in [1.807, 2.05) is 30.3 Å². The molecule has 0 atom stereocenters. The van der Waals surface area contributed by atoms with Crippen LogP contribution in [0.15, 0.2) is 84.9 Å². The normalized spacial score (nSPS) is 10.8. The van der Waals surface area contributed by atoms with E-state index in [2.05, 4.69) is 59.6 Å². The molecule has 3 aromatic carbocycles. The summed E-state index contributed by atoms with van der Waals surface area (Å²) in [6, 6.07) is 29.0. The molecule has 2 heteroatoms. The molecule has 0 amide bonds. The standard InChI is InChI=1S/C21H14ClN/c22-21-14-19(18-8-4-5-9-20(18)23-21)17-12-10-16(11-13-17)15-6-2-1-3-7-15/h1-14H. The van der Waals surface area contributed by atoms with E-state index in [1.54, 1.807) is 0 Å². The molecule has 0 radical (unpaired) electrons. The number of halogens is 1. The van der Waals surface area contributed by atoms with Crippen LogP contribution in [0.1, 0.15) is 0 Å². The van der Waals surface area contributed by atoms with Crippen molar-refractivity contribution in [3.05, 3.63) is 90.1 Å². The molecule has 4 aromatic rings. The van der Waals surface area contributed by atoms with Gasteiger partial charge in [-0.3, -0.25) is 0 Å². The molecule has 0 saturated carbocycles. The van der Waals surface area contributed by atoms with E-state index in [-0.39, 0.29) is 0 Å². The highest BCUT2D eigenvalue weighted by Gasteiger charge is 2.07. The highest BCUT2D eigenvalue weighted by molar-refractivity contribution is 6.30. The Morgan fingerprint density at radius 1 is 0.609 bits per heavy atom. The highest BCUT2D eigenvalue weighted by Crippen LogP contribution is 2.31. The number of nitrogens with zero attached hydrogens (tertiary/aromatic N) is 1. The lowest BCUT2D eigenvalue weighted by molar-refractivity contribution is 1.41. The van der Waals surface area contributed by atoms with Crippen LogP contribution in [-0.4, -0.2) is 4.98 Å². The second-order valence-corrected chi connectivity index (χ2v) is 5.84. The van der Waals surface area contributed by atoms with Crippen LogP contribution >= 0.6 is 11.6 Å². The van der Waals surface area contributed by atoms with E-state index in [4.69, 9.17) is 11.6 Å². The maximum absolute atomic E-state index is 6.19. The Hall–Kier alpha value is -2.64. The molecule has 1 aromatic heterocycles. The zero-order valence-electron chi connectivity index (χ0n) is 12.4. The first-order chi connectivity index (χ1) is 11.3. The molecule has 23 heavy (non-hydrogen) atoms. The van der Waals surface area contributed by atoms with E-state index in [0.717, 1.165) is 22.0 Å². The van der Waals surface area contributed by atoms with Crippen molar-refractivity contribution in [1.82, 2.24) is 4.98 Å². The van der Waals surface area contributed by atoms with Crippen molar-refractivity contribution in [2.75, 3.05) is 0 Å². The minimum Gasteiger partial charge on any atom is -0.236 e. The minimum absolute atomic E-state index is 0.519. The third-order valence-corrected chi connectivity index (χ3v) is 4.18. The van der Waals surface area contributed by atoms with Crippen molar-refractivity contribution >= 4 is 22.5 Å². The third-order valence-electron chi connectivity index (χ3n) is 3.99. The molecule has 0 N–H and O–H groups in total. The first kappa shape index (κ1) is 14.0. The largest absolute Gasteiger partial charge is 0.236 e. The Kier molecular flexibility index (Phi) is 3.57. The van der Waals surface area contributed by atoms with Gasteiger partial charge in [-0.05, 0) is 34.4 Å². The predicted octanol–water partition coefficient (Wildman–Crippen LogP) is 6.22. The van der Waals surface area contributed by atoms with E-state index >= 15 is 0 Å². The first-order valence-corrected chi connectivity index (χ1v) is 7.90. The Balaban J connectivity index is 1.83. The fourth-order valence-corrected chi connectivity index (χ4v) is 3.05. The molecular weight excluding hydrogens is 302 g/mol. The molecule has 0 saturated heterocycles. The van der Waals surface area contributed by atoms with Gasteiger partial charge in [-0.2, -0.15) is 0 Å². The summed E-state index contributed by atoms with van der Waals surface area (Å²) in [5.41, 5.74) is 5.60. The van der Waals surface area contributed by atoms with E-state index < -0.39 is 0 Å². The second kappa shape index (κ2) is 5.86. The monoisotopic (exact) mass is 315 g/mol. The molecular formula is C21H14ClN. The molecule has 0 unspecified atom stereocenters. The summed E-state index contributed by atoms with van der Waals surface area (Å²) in [6.07, 6.45) is 0. The van der Waals surface area contributed by atoms with Crippen molar-refractivity contribution in [3.63, 3.8) is 0 Å². The number of rotatable bonds is 2. The van der Waals surface area contributed by atoms with Gasteiger partial charge in [0.2, 0.25) is 0 Å². The molecule has 0 aliphatic carbocycles. The number of para-hydroxylation sites is 1. The van der Waals surface area contributed by atoms with Gasteiger partial charge in [-0.1, -0.05) is 84.4 Å². The Morgan fingerprint density at radius 3 is 2.00 bits per heavy atom. The van der Waals surface area contributed by atoms with E-state index in [9.17, 15) is 0 Å². The molecule has 1 heterocycles. The van der Waals surface area contributed by atoms with Crippen molar-refractivity contribution in [1.29, 1.82) is 0 Å². The molecule has 0 bridgehead atoms. The average Bonchev–Trinajstić information content (AvgIpc) is 2.62. The van der Waals surface area contributed by atoms with Gasteiger partial charge in [0.15, 0.2) is 0 Å². The van der Waals surface area contributed by atoms with Gasteiger partial charge in [-0.25, -0.2) is 4.98 Å². The van der Waals surface area contributed by atoms with Gasteiger partial charge in [-0.15, -0.1) is 0 Å². The summed E-state index contributed by atoms with van der Waals surface area (Å²) in [5.74, 6) is 0. The average molecular weight is 316 g/mol. The summed E-state index contributed by atoms with van der Waals surface area (Å²) in [4.78, 5) is 4.39. The van der Waals surface area contributed by atoms with Crippen LogP contribution in [0.4, 0.5) is 0 Å². The molecule has 0 aliphatic heterocycles. The van der Waals surface area contributed by atoms with Crippen LogP contribution < -0.4 is 0 Å². The van der Waals surface area contributed by atoms with Gasteiger partial charge in [0.1, 0.15) is 5.15 Å². The molecule has 110 valence electrons. The van der Waals surface area contributed by atoms with Crippen LogP contribution in [0.2, 0.25) is 5.15 Å². The smallest absolute Gasteiger partial charge is 0.130 e. The topological polar surface area (TPSA) is 12.9 Å². The minimum atomic E-state index is 0.519. The van der Waals surface area contributed by atoms with E-state index in [1.165, 1.54) is 11.1 Å². The van der Waals surface area contributed by atoms with Crippen LogP contribution in [0.3, 0.4) is 0 Å². The summed E-state index contributed by atoms with van der Waals surface area (Å²) in [6.45, 7) is 0. The third kappa shape index (κ3) is 2.71. The Labute approximate surface area is 140 Å². The summed E-state index contributed by atoms with van der Waals surface area (Å²) in [7, 11) is 0. The second-order valence-electron chi connectivity index (χ2n) is 5.45. The quantitative estimate of drug-likeness (QED) is 0.400. The van der Waals surface area contributed by atoms with Crippen LogP contribution in [0, 0.1) is 0 Å². The maximum atomic E-state index is 6.19. The van der Waals surface area contributed by atoms with Gasteiger partial charge in [0, 0.05) is 5.39 Å². The van der Waals surface area contributed by atoms with Gasteiger partial charge < -0.3 is 0 Å². The van der Waals surface area contributed by atoms with Gasteiger partial charge in [0.25, 0.3) is 0 Å². The van der Waals surface area contributed by atoms with Crippen molar-refractivity contribution < 1.29 is 0 Å². The number of aromatic nitrogens is 1. The fourth-order valence-electron chi connectivity index (χ4n) is 2.85. The zero-order chi connectivity index (χ0) is 15.6. The molecule has 1 nitrogen and oxygen atoms in total. The van der Waals surface area contributed by atoms with Crippen molar-refractivity contribution in [2.45, 2.75) is 0 Å². The maximum Gasteiger partial charge on any atom is 0.130 e. The molecule has 0 aliphatic rings. The van der Waals surface area contributed by atoms with Crippen LogP contribution in [0.5, 0.6) is 0 Å². The Bertz CT molecular complexity index is 960. The Morgan fingerprint density at radius 2 is 1.22 bits per heavy atom. The van der Waals surface area contributed by atoms with Crippen LogP contribution in [-0.2, 0) is 0 Å². The number of hydrogen-bond donors (Lipinski definition) is 0. The lowest BCUT2D eigenvalue weighted by atomic mass is 9.98.